The maximum atomic E-state index is 5.31. The molecule has 1 aliphatic heterocycles. The van der Waals surface area contributed by atoms with Crippen LogP contribution in [0.5, 0.6) is 0 Å². The summed E-state index contributed by atoms with van der Waals surface area (Å²) in [5, 5.41) is 11.5. The third-order valence-corrected chi connectivity index (χ3v) is 4.26. The van der Waals surface area contributed by atoms with Gasteiger partial charge < -0.3 is 19.5 Å². The van der Waals surface area contributed by atoms with E-state index >= 15 is 0 Å². The molecule has 1 N–H and O–H groups in total. The van der Waals surface area contributed by atoms with E-state index in [-0.39, 0.29) is 0 Å². The molecule has 0 spiro atoms. The molecule has 7 heteroatoms. The first-order valence-corrected chi connectivity index (χ1v) is 8.39. The van der Waals surface area contributed by atoms with Gasteiger partial charge in [-0.1, -0.05) is 18.2 Å². The number of hydrogen-bond acceptors (Lipinski definition) is 7. The molecular formula is C18H20N6O. The molecular weight excluding hydrogens is 316 g/mol. The van der Waals surface area contributed by atoms with E-state index in [4.69, 9.17) is 4.42 Å². The van der Waals surface area contributed by atoms with Crippen molar-refractivity contribution in [3.05, 3.63) is 60.7 Å². The Kier molecular flexibility index (Phi) is 4.45. The van der Waals surface area contributed by atoms with Crippen molar-refractivity contribution in [3.8, 4) is 0 Å². The molecule has 1 saturated heterocycles. The SMILES string of the molecule is c1ccc(N2CCN(c3nncc(NCc4ccco4)n3)CC2)cc1. The van der Waals surface area contributed by atoms with Crippen LogP contribution in [0.1, 0.15) is 5.76 Å². The fourth-order valence-corrected chi connectivity index (χ4v) is 2.91. The lowest BCUT2D eigenvalue weighted by Crippen LogP contribution is -2.47. The number of benzene rings is 1. The number of nitrogens with one attached hydrogen (secondary N) is 1. The van der Waals surface area contributed by atoms with Gasteiger partial charge >= 0.3 is 0 Å². The maximum Gasteiger partial charge on any atom is 0.247 e. The lowest BCUT2D eigenvalue weighted by Gasteiger charge is -2.35. The first-order chi connectivity index (χ1) is 12.4. The van der Waals surface area contributed by atoms with Crippen LogP contribution in [-0.4, -0.2) is 41.4 Å². The van der Waals surface area contributed by atoms with Gasteiger partial charge in [0.1, 0.15) is 5.76 Å². The van der Waals surface area contributed by atoms with Crippen molar-refractivity contribution in [2.24, 2.45) is 0 Å². The van der Waals surface area contributed by atoms with E-state index in [1.54, 1.807) is 12.5 Å². The van der Waals surface area contributed by atoms with Gasteiger partial charge in [-0.05, 0) is 24.3 Å². The van der Waals surface area contributed by atoms with Crippen molar-refractivity contribution in [3.63, 3.8) is 0 Å². The van der Waals surface area contributed by atoms with Crippen LogP contribution in [0.2, 0.25) is 0 Å². The molecule has 0 radical (unpaired) electrons. The minimum absolute atomic E-state index is 0.576. The Morgan fingerprint density at radius 3 is 2.52 bits per heavy atom. The van der Waals surface area contributed by atoms with Gasteiger partial charge in [-0.2, -0.15) is 10.1 Å². The van der Waals surface area contributed by atoms with Crippen LogP contribution < -0.4 is 15.1 Å². The normalized spacial score (nSPS) is 14.6. The van der Waals surface area contributed by atoms with Gasteiger partial charge in [-0.25, -0.2) is 0 Å². The second kappa shape index (κ2) is 7.21. The quantitative estimate of drug-likeness (QED) is 0.767. The summed E-state index contributed by atoms with van der Waals surface area (Å²) in [7, 11) is 0. The largest absolute Gasteiger partial charge is 0.467 e. The average Bonchev–Trinajstić information content (AvgIpc) is 3.21. The number of anilines is 3. The van der Waals surface area contributed by atoms with Gasteiger partial charge in [0.25, 0.3) is 0 Å². The van der Waals surface area contributed by atoms with Crippen molar-refractivity contribution in [2.45, 2.75) is 6.54 Å². The Morgan fingerprint density at radius 2 is 1.76 bits per heavy atom. The van der Waals surface area contributed by atoms with Crippen molar-refractivity contribution in [1.29, 1.82) is 0 Å². The fraction of sp³-hybridized carbons (Fsp3) is 0.278. The molecule has 1 fully saturated rings. The van der Waals surface area contributed by atoms with Crippen molar-refractivity contribution >= 4 is 17.5 Å². The van der Waals surface area contributed by atoms with Crippen LogP contribution in [0.15, 0.2) is 59.3 Å². The molecule has 0 aliphatic carbocycles. The average molecular weight is 336 g/mol. The summed E-state index contributed by atoms with van der Waals surface area (Å²) in [6, 6.07) is 14.3. The molecule has 25 heavy (non-hydrogen) atoms. The molecule has 7 nitrogen and oxygen atoms in total. The summed E-state index contributed by atoms with van der Waals surface area (Å²) < 4.78 is 5.31. The minimum atomic E-state index is 0.576. The summed E-state index contributed by atoms with van der Waals surface area (Å²) in [6.07, 6.45) is 3.29. The highest BCUT2D eigenvalue weighted by Gasteiger charge is 2.19. The van der Waals surface area contributed by atoms with Crippen molar-refractivity contribution in [2.75, 3.05) is 41.3 Å². The molecule has 3 heterocycles. The highest BCUT2D eigenvalue weighted by molar-refractivity contribution is 5.48. The molecule has 1 aliphatic rings. The molecule has 0 atom stereocenters. The van der Waals surface area contributed by atoms with Crippen LogP contribution >= 0.6 is 0 Å². The molecule has 1 aromatic carbocycles. The van der Waals surface area contributed by atoms with Gasteiger partial charge in [0.15, 0.2) is 5.82 Å². The van der Waals surface area contributed by atoms with Crippen LogP contribution in [-0.2, 0) is 6.54 Å². The topological polar surface area (TPSA) is 70.3 Å². The Balaban J connectivity index is 1.37. The molecule has 0 unspecified atom stereocenters. The smallest absolute Gasteiger partial charge is 0.247 e. The monoisotopic (exact) mass is 336 g/mol. The van der Waals surface area contributed by atoms with Gasteiger partial charge in [-0.3, -0.25) is 0 Å². The first-order valence-electron chi connectivity index (χ1n) is 8.39. The van der Waals surface area contributed by atoms with E-state index < -0.39 is 0 Å². The molecule has 3 aromatic rings. The summed E-state index contributed by atoms with van der Waals surface area (Å²) in [5.41, 5.74) is 1.26. The lowest BCUT2D eigenvalue weighted by molar-refractivity contribution is 0.517. The second-order valence-corrected chi connectivity index (χ2v) is 5.88. The summed E-state index contributed by atoms with van der Waals surface area (Å²) in [4.78, 5) is 9.12. The Hall–Kier alpha value is -3.09. The Labute approximate surface area is 146 Å². The predicted molar refractivity (Wildman–Crippen MR) is 96.7 cm³/mol. The lowest BCUT2D eigenvalue weighted by atomic mass is 10.2. The maximum absolute atomic E-state index is 5.31. The van der Waals surface area contributed by atoms with E-state index in [9.17, 15) is 0 Å². The van der Waals surface area contributed by atoms with Crippen LogP contribution in [0, 0.1) is 0 Å². The van der Waals surface area contributed by atoms with Crippen LogP contribution in [0.3, 0.4) is 0 Å². The molecule has 4 rings (SSSR count). The molecule has 0 amide bonds. The number of aromatic nitrogens is 3. The fourth-order valence-electron chi connectivity index (χ4n) is 2.91. The van der Waals surface area contributed by atoms with E-state index in [1.807, 2.05) is 18.2 Å². The highest BCUT2D eigenvalue weighted by atomic mass is 16.3. The Bertz CT molecular complexity index is 784. The van der Waals surface area contributed by atoms with Gasteiger partial charge in [0, 0.05) is 31.9 Å². The second-order valence-electron chi connectivity index (χ2n) is 5.88. The number of rotatable bonds is 5. The molecule has 128 valence electrons. The number of hydrogen-bond donors (Lipinski definition) is 1. The van der Waals surface area contributed by atoms with Crippen molar-refractivity contribution in [1.82, 2.24) is 15.2 Å². The van der Waals surface area contributed by atoms with E-state index in [1.165, 1.54) is 5.69 Å². The molecule has 0 saturated carbocycles. The van der Waals surface area contributed by atoms with E-state index in [0.29, 0.717) is 18.3 Å². The van der Waals surface area contributed by atoms with E-state index in [2.05, 4.69) is 54.6 Å². The van der Waals surface area contributed by atoms with E-state index in [0.717, 1.165) is 31.9 Å². The number of furan rings is 1. The number of nitrogens with zero attached hydrogens (tertiary/aromatic N) is 5. The number of piperazine rings is 1. The first kappa shape index (κ1) is 15.4. The van der Waals surface area contributed by atoms with Gasteiger partial charge in [0.05, 0.1) is 19.0 Å². The van der Waals surface area contributed by atoms with Crippen LogP contribution in [0.25, 0.3) is 0 Å². The zero-order valence-electron chi connectivity index (χ0n) is 13.9. The summed E-state index contributed by atoms with van der Waals surface area (Å²) in [6.45, 7) is 4.21. The van der Waals surface area contributed by atoms with Gasteiger partial charge in [-0.15, -0.1) is 5.10 Å². The standard InChI is InChI=1S/C18H20N6O/c1-2-5-15(6-3-1)23-8-10-24(11-9-23)18-21-17(14-20-22-18)19-13-16-7-4-12-25-16/h1-7,12,14H,8-11,13H2,(H,19,21,22). The predicted octanol–water partition coefficient (Wildman–Crippen LogP) is 2.40. The van der Waals surface area contributed by atoms with Crippen molar-refractivity contribution < 1.29 is 4.42 Å². The van der Waals surface area contributed by atoms with Gasteiger partial charge in [0.2, 0.25) is 5.95 Å². The minimum Gasteiger partial charge on any atom is -0.467 e. The highest BCUT2D eigenvalue weighted by Crippen LogP contribution is 2.18. The number of para-hydroxylation sites is 1. The van der Waals surface area contributed by atoms with Crippen LogP contribution in [0.4, 0.5) is 17.5 Å². The third kappa shape index (κ3) is 3.71. The summed E-state index contributed by atoms with van der Waals surface area (Å²) in [5.74, 6) is 2.22. The molecule has 0 bridgehead atoms. The third-order valence-electron chi connectivity index (χ3n) is 4.26. The zero-order chi connectivity index (χ0) is 16.9. The summed E-state index contributed by atoms with van der Waals surface area (Å²) >= 11 is 0. The molecule has 2 aromatic heterocycles. The zero-order valence-corrected chi connectivity index (χ0v) is 13.9. The Morgan fingerprint density at radius 1 is 0.960 bits per heavy atom.